The van der Waals surface area contributed by atoms with Crippen molar-refractivity contribution in [1.29, 1.82) is 0 Å². The summed E-state index contributed by atoms with van der Waals surface area (Å²) < 4.78 is 0. The topological polar surface area (TPSA) is 12.0 Å². The Morgan fingerprint density at radius 1 is 0.889 bits per heavy atom. The molecule has 0 amide bonds. The van der Waals surface area contributed by atoms with Crippen LogP contribution in [-0.4, -0.2) is 7.05 Å². The van der Waals surface area contributed by atoms with Gasteiger partial charge in [-0.25, -0.2) is 0 Å². The van der Waals surface area contributed by atoms with Gasteiger partial charge in [0.2, 0.25) is 0 Å². The summed E-state index contributed by atoms with van der Waals surface area (Å²) in [7, 11) is 2.08. The van der Waals surface area contributed by atoms with Crippen LogP contribution in [0.25, 0.3) is 0 Å². The fourth-order valence-corrected chi connectivity index (χ4v) is 4.76. The van der Waals surface area contributed by atoms with E-state index in [4.69, 9.17) is 0 Å². The van der Waals surface area contributed by atoms with E-state index in [1.54, 1.807) is 0 Å². The van der Waals surface area contributed by atoms with Gasteiger partial charge in [-0.15, -0.1) is 0 Å². The molecule has 1 nitrogen and oxygen atoms in total. The number of hydrogen-bond acceptors (Lipinski definition) is 1. The molecule has 2 atom stereocenters. The number of aryl methyl sites for hydroxylation is 2. The van der Waals surface area contributed by atoms with Crippen LogP contribution in [-0.2, 0) is 18.4 Å². The van der Waals surface area contributed by atoms with Gasteiger partial charge in [0.25, 0.3) is 0 Å². The van der Waals surface area contributed by atoms with Crippen LogP contribution in [0.3, 0.4) is 0 Å². The maximum absolute atomic E-state index is 3.64. The zero-order chi connectivity index (χ0) is 18.9. The predicted molar refractivity (Wildman–Crippen MR) is 114 cm³/mol. The summed E-state index contributed by atoms with van der Waals surface area (Å²) in [4.78, 5) is 0. The fourth-order valence-electron chi connectivity index (χ4n) is 4.76. The molecule has 3 aromatic rings. The van der Waals surface area contributed by atoms with Gasteiger partial charge in [-0.1, -0.05) is 72.8 Å². The normalized spacial score (nSPS) is 21.2. The minimum Gasteiger partial charge on any atom is -0.307 e. The van der Waals surface area contributed by atoms with Crippen molar-refractivity contribution in [3.05, 3.63) is 106 Å². The van der Waals surface area contributed by atoms with Gasteiger partial charge in [0, 0.05) is 0 Å². The van der Waals surface area contributed by atoms with Crippen LogP contribution in [0.2, 0.25) is 0 Å². The van der Waals surface area contributed by atoms with Crippen molar-refractivity contribution in [3.8, 4) is 0 Å². The molecule has 0 bridgehead atoms. The lowest BCUT2D eigenvalue weighted by molar-refractivity contribution is 0.481. The smallest absolute Gasteiger partial charge is 0.0664 e. The van der Waals surface area contributed by atoms with Crippen LogP contribution >= 0.6 is 0 Å². The van der Waals surface area contributed by atoms with Gasteiger partial charge >= 0.3 is 0 Å². The Bertz CT molecular complexity index is 942. The van der Waals surface area contributed by atoms with E-state index < -0.39 is 0 Å². The Labute approximate surface area is 163 Å². The molecular weight excluding hydrogens is 326 g/mol. The monoisotopic (exact) mass is 355 g/mol. The first-order valence-electron chi connectivity index (χ1n) is 10.0. The van der Waals surface area contributed by atoms with Crippen LogP contribution in [0.5, 0.6) is 0 Å². The Hall–Kier alpha value is -2.38. The zero-order valence-corrected chi connectivity index (χ0v) is 16.6. The molecule has 0 radical (unpaired) electrons. The molecule has 4 rings (SSSR count). The van der Waals surface area contributed by atoms with Crippen LogP contribution in [0.1, 0.15) is 52.6 Å². The molecule has 0 fully saturated rings. The van der Waals surface area contributed by atoms with E-state index in [9.17, 15) is 0 Å². The van der Waals surface area contributed by atoms with Crippen molar-refractivity contribution in [1.82, 2.24) is 5.32 Å². The molecule has 0 spiro atoms. The van der Waals surface area contributed by atoms with Gasteiger partial charge in [-0.05, 0) is 79.5 Å². The number of rotatable bonds is 4. The van der Waals surface area contributed by atoms with Gasteiger partial charge in [0.05, 0.1) is 5.54 Å². The quantitative estimate of drug-likeness (QED) is 0.628. The first-order valence-corrected chi connectivity index (χ1v) is 10.0. The highest BCUT2D eigenvalue weighted by Crippen LogP contribution is 2.42. The molecule has 1 aliphatic carbocycles. The van der Waals surface area contributed by atoms with Crippen LogP contribution in [0, 0.1) is 6.92 Å². The zero-order valence-electron chi connectivity index (χ0n) is 16.6. The Morgan fingerprint density at radius 3 is 2.33 bits per heavy atom. The average Bonchev–Trinajstić information content (AvgIpc) is 2.81. The average molecular weight is 356 g/mol. The van der Waals surface area contributed by atoms with Crippen molar-refractivity contribution < 1.29 is 0 Å². The second kappa shape index (κ2) is 7.32. The molecule has 0 saturated heterocycles. The number of benzene rings is 3. The second-order valence-electron chi connectivity index (χ2n) is 7.99. The predicted octanol–water partition coefficient (Wildman–Crippen LogP) is 5.75. The summed E-state index contributed by atoms with van der Waals surface area (Å²) in [6.07, 6.45) is 3.41. The van der Waals surface area contributed by atoms with Crippen LogP contribution in [0.15, 0.2) is 72.8 Å². The molecule has 1 heteroatoms. The van der Waals surface area contributed by atoms with E-state index in [1.807, 2.05) is 0 Å². The molecule has 27 heavy (non-hydrogen) atoms. The molecule has 0 saturated carbocycles. The third-order valence-electron chi connectivity index (χ3n) is 6.49. The van der Waals surface area contributed by atoms with E-state index in [0.717, 1.165) is 12.8 Å². The lowest BCUT2D eigenvalue weighted by Gasteiger charge is -2.32. The lowest BCUT2D eigenvalue weighted by atomic mass is 9.81. The van der Waals surface area contributed by atoms with Gasteiger partial charge < -0.3 is 5.32 Å². The number of hydrogen-bond donors (Lipinski definition) is 1. The Kier molecular flexibility index (Phi) is 4.88. The largest absolute Gasteiger partial charge is 0.307 e. The molecule has 0 unspecified atom stereocenters. The van der Waals surface area contributed by atoms with Crippen molar-refractivity contribution in [3.63, 3.8) is 0 Å². The molecule has 1 aliphatic rings. The summed E-state index contributed by atoms with van der Waals surface area (Å²) in [6.45, 7) is 4.55. The van der Waals surface area contributed by atoms with Crippen molar-refractivity contribution in [2.75, 3.05) is 7.05 Å². The maximum Gasteiger partial charge on any atom is 0.0664 e. The highest BCUT2D eigenvalue weighted by molar-refractivity contribution is 5.50. The van der Waals surface area contributed by atoms with E-state index >= 15 is 0 Å². The summed E-state index contributed by atoms with van der Waals surface area (Å²) in [6, 6.07) is 26.8. The van der Waals surface area contributed by atoms with E-state index in [-0.39, 0.29) is 5.54 Å². The third-order valence-corrected chi connectivity index (χ3v) is 6.49. The van der Waals surface area contributed by atoms with Gasteiger partial charge in [-0.2, -0.15) is 0 Å². The van der Waals surface area contributed by atoms with Crippen molar-refractivity contribution in [2.45, 2.75) is 44.6 Å². The van der Waals surface area contributed by atoms with Crippen molar-refractivity contribution in [2.24, 2.45) is 0 Å². The third kappa shape index (κ3) is 3.21. The molecule has 3 aromatic carbocycles. The summed E-state index contributed by atoms with van der Waals surface area (Å²) in [5.74, 6) is 0.539. The SMILES string of the molecule is CN[C@]1(C)c2ccccc2C[C@H](CCc2ccccc2C)c2ccccc21. The standard InChI is InChI=1S/C26H29N/c1-19-10-4-5-11-20(19)16-17-21-18-22-12-6-8-14-24(22)26(2,27-3)25-15-9-7-13-23(21)25/h4-15,21,27H,16-18H2,1-3H3/t21-,26+/m0/s1. The van der Waals surface area contributed by atoms with E-state index in [0.29, 0.717) is 5.92 Å². The van der Waals surface area contributed by atoms with Gasteiger partial charge in [0.1, 0.15) is 0 Å². The number of fused-ring (bicyclic) bond motifs is 2. The van der Waals surface area contributed by atoms with E-state index in [1.165, 1.54) is 39.8 Å². The number of nitrogens with one attached hydrogen (secondary N) is 1. The molecule has 0 aliphatic heterocycles. The summed E-state index contributed by atoms with van der Waals surface area (Å²) in [5.41, 5.74) is 8.54. The highest BCUT2D eigenvalue weighted by Gasteiger charge is 2.36. The molecule has 138 valence electrons. The van der Waals surface area contributed by atoms with Gasteiger partial charge in [-0.3, -0.25) is 0 Å². The summed E-state index contributed by atoms with van der Waals surface area (Å²) >= 11 is 0. The van der Waals surface area contributed by atoms with Crippen LogP contribution in [0.4, 0.5) is 0 Å². The van der Waals surface area contributed by atoms with Crippen LogP contribution < -0.4 is 5.32 Å². The lowest BCUT2D eigenvalue weighted by Crippen LogP contribution is -2.38. The van der Waals surface area contributed by atoms with E-state index in [2.05, 4.69) is 99.0 Å². The maximum atomic E-state index is 3.64. The molecule has 0 aromatic heterocycles. The minimum absolute atomic E-state index is 0.148. The first-order chi connectivity index (χ1) is 13.1. The molecule has 1 N–H and O–H groups in total. The van der Waals surface area contributed by atoms with Gasteiger partial charge in [0.15, 0.2) is 0 Å². The molecular formula is C26H29N. The summed E-state index contributed by atoms with van der Waals surface area (Å²) in [5, 5.41) is 3.64. The highest BCUT2D eigenvalue weighted by atomic mass is 14.9. The Morgan fingerprint density at radius 2 is 1.56 bits per heavy atom. The second-order valence-corrected chi connectivity index (χ2v) is 7.99. The fraction of sp³-hybridized carbons (Fsp3) is 0.308. The first kappa shape index (κ1) is 18.0. The Balaban J connectivity index is 1.77. The minimum atomic E-state index is -0.148. The van der Waals surface area contributed by atoms with Crippen molar-refractivity contribution >= 4 is 0 Å². The molecule has 0 heterocycles.